The van der Waals surface area contributed by atoms with Gasteiger partial charge in [-0.1, -0.05) is 45.8 Å². The number of nitrogens with zero attached hydrogens (tertiary/aromatic N) is 3. The fourth-order valence-electron chi connectivity index (χ4n) is 7.56. The second-order valence-electron chi connectivity index (χ2n) is 12.7. The number of likely N-dealkylation sites (tertiary alicyclic amines) is 1. The minimum Gasteiger partial charge on any atom is -0.494 e. The molecule has 0 aliphatic carbocycles. The number of benzene rings is 1. The Morgan fingerprint density at radius 2 is 1.84 bits per heavy atom. The third-order valence-electron chi connectivity index (χ3n) is 9.33. The summed E-state index contributed by atoms with van der Waals surface area (Å²) in [5.74, 6) is -1.38. The van der Waals surface area contributed by atoms with Gasteiger partial charge in [-0.2, -0.15) is 0 Å². The molecule has 6 atom stereocenters. The summed E-state index contributed by atoms with van der Waals surface area (Å²) in [7, 11) is 0. The Morgan fingerprint density at radius 3 is 2.43 bits per heavy atom. The van der Waals surface area contributed by atoms with E-state index in [1.807, 2.05) is 45.0 Å². The second kappa shape index (κ2) is 14.7. The van der Waals surface area contributed by atoms with Gasteiger partial charge in [0.05, 0.1) is 37.2 Å². The Labute approximate surface area is 262 Å². The number of amides is 3. The van der Waals surface area contributed by atoms with E-state index >= 15 is 0 Å². The number of ether oxygens (including phenoxy) is 2. The van der Waals surface area contributed by atoms with Gasteiger partial charge in [0.25, 0.3) is 0 Å². The topological polar surface area (TPSA) is 99.6 Å². The largest absolute Gasteiger partial charge is 0.494 e. The van der Waals surface area contributed by atoms with Gasteiger partial charge >= 0.3 is 0 Å². The van der Waals surface area contributed by atoms with Crippen LogP contribution in [0.2, 0.25) is 0 Å². The standard InChI is InChI=1S/C35H51N3O6/c1-7-11-12-21-36(19-8-2)34(42)31-35-18-17-28(44-35)29(30(35)33(41)38(31)26(23-39)22-24(5)6)32(40)37(20-9-3)25-13-15-27(16-14-25)43-10-4/h8-9,13-16,24,26,28-31,39H,2-3,7,10-12,17-23H2,1,4-6H3/t26-,28-,29+,30+,31?,35?/m1/s1. The summed E-state index contributed by atoms with van der Waals surface area (Å²) in [6.07, 6.45) is 7.35. The lowest BCUT2D eigenvalue weighted by molar-refractivity contribution is -0.151. The first-order valence-electron chi connectivity index (χ1n) is 16.3. The van der Waals surface area contributed by atoms with Crippen molar-refractivity contribution in [3.8, 4) is 5.75 Å². The maximum atomic E-state index is 14.6. The predicted octanol–water partition coefficient (Wildman–Crippen LogP) is 4.59. The third kappa shape index (κ3) is 6.31. The molecule has 1 spiro atoms. The SMILES string of the molecule is C=CCN(CCCCC)C(=O)C1N([C@@H](CO)CC(C)C)C(=O)[C@@H]2[C@@H](C(=O)N(CC=C)c3ccc(OCC)cc3)[C@H]3CCC12O3. The Morgan fingerprint density at radius 1 is 1.14 bits per heavy atom. The van der Waals surface area contributed by atoms with Gasteiger partial charge in [0.1, 0.15) is 17.4 Å². The van der Waals surface area contributed by atoms with E-state index in [2.05, 4.69) is 20.1 Å². The molecule has 0 radical (unpaired) electrons. The quantitative estimate of drug-likeness (QED) is 0.205. The Balaban J connectivity index is 1.75. The third-order valence-corrected chi connectivity index (χ3v) is 9.33. The molecule has 3 heterocycles. The minimum atomic E-state index is -1.13. The maximum absolute atomic E-state index is 14.6. The molecule has 3 fully saturated rings. The fourth-order valence-corrected chi connectivity index (χ4v) is 7.56. The van der Waals surface area contributed by atoms with Crippen molar-refractivity contribution in [2.45, 2.75) is 90.0 Å². The molecule has 9 heteroatoms. The lowest BCUT2D eigenvalue weighted by atomic mass is 9.70. The maximum Gasteiger partial charge on any atom is 0.248 e. The average Bonchev–Trinajstić information content (AvgIpc) is 3.65. The molecule has 242 valence electrons. The van der Waals surface area contributed by atoms with Gasteiger partial charge in [-0.3, -0.25) is 14.4 Å². The zero-order valence-electron chi connectivity index (χ0n) is 27.0. The summed E-state index contributed by atoms with van der Waals surface area (Å²) < 4.78 is 12.3. The molecule has 3 amide bonds. The van der Waals surface area contributed by atoms with E-state index in [4.69, 9.17) is 9.47 Å². The highest BCUT2D eigenvalue weighted by atomic mass is 16.5. The van der Waals surface area contributed by atoms with Crippen molar-refractivity contribution in [1.29, 1.82) is 0 Å². The summed E-state index contributed by atoms with van der Waals surface area (Å²) in [6, 6.07) is 5.83. The average molecular weight is 610 g/mol. The van der Waals surface area contributed by atoms with Gasteiger partial charge in [0.2, 0.25) is 17.7 Å². The monoisotopic (exact) mass is 609 g/mol. The van der Waals surface area contributed by atoms with E-state index in [1.165, 1.54) is 0 Å². The van der Waals surface area contributed by atoms with E-state index in [0.717, 1.165) is 19.3 Å². The summed E-state index contributed by atoms with van der Waals surface area (Å²) in [4.78, 5) is 48.6. The number of carbonyl (C=O) groups is 3. The lowest BCUT2D eigenvalue weighted by Gasteiger charge is -2.39. The van der Waals surface area contributed by atoms with Crippen molar-refractivity contribution in [2.24, 2.45) is 17.8 Å². The van der Waals surface area contributed by atoms with Crippen molar-refractivity contribution in [1.82, 2.24) is 9.80 Å². The van der Waals surface area contributed by atoms with Crippen molar-refractivity contribution >= 4 is 23.4 Å². The van der Waals surface area contributed by atoms with Crippen LogP contribution in [0, 0.1) is 17.8 Å². The number of carbonyl (C=O) groups excluding carboxylic acids is 3. The number of fused-ring (bicyclic) bond motifs is 1. The van der Waals surface area contributed by atoms with Gasteiger partial charge < -0.3 is 29.3 Å². The number of unbranched alkanes of at least 4 members (excludes halogenated alkanes) is 2. The van der Waals surface area contributed by atoms with E-state index in [9.17, 15) is 19.5 Å². The van der Waals surface area contributed by atoms with Crippen molar-refractivity contribution in [2.75, 3.05) is 37.7 Å². The molecule has 1 N–H and O–H groups in total. The van der Waals surface area contributed by atoms with Crippen molar-refractivity contribution in [3.63, 3.8) is 0 Å². The van der Waals surface area contributed by atoms with Crippen LogP contribution in [0.25, 0.3) is 0 Å². The normalized spacial score (nSPS) is 26.0. The Bertz CT molecular complexity index is 1190. The summed E-state index contributed by atoms with van der Waals surface area (Å²) >= 11 is 0. The highest BCUT2D eigenvalue weighted by Crippen LogP contribution is 2.59. The van der Waals surface area contributed by atoms with Gasteiger partial charge in [0, 0.05) is 25.3 Å². The van der Waals surface area contributed by atoms with Crippen LogP contribution in [0.1, 0.15) is 66.2 Å². The highest BCUT2D eigenvalue weighted by Gasteiger charge is 2.75. The van der Waals surface area contributed by atoms with Gasteiger partial charge in [-0.05, 0) is 62.8 Å². The zero-order chi connectivity index (χ0) is 32.0. The molecule has 2 bridgehead atoms. The molecule has 3 saturated heterocycles. The molecule has 1 aromatic carbocycles. The first-order valence-corrected chi connectivity index (χ1v) is 16.3. The summed E-state index contributed by atoms with van der Waals surface area (Å²) in [5.41, 5.74) is -0.460. The summed E-state index contributed by atoms with van der Waals surface area (Å²) in [5, 5.41) is 10.6. The van der Waals surface area contributed by atoms with E-state index < -0.39 is 35.6 Å². The van der Waals surface area contributed by atoms with Crippen molar-refractivity contribution in [3.05, 3.63) is 49.6 Å². The number of hydrogen-bond acceptors (Lipinski definition) is 6. The highest BCUT2D eigenvalue weighted by molar-refractivity contribution is 6.03. The first kappa shape index (κ1) is 33.7. The second-order valence-corrected chi connectivity index (χ2v) is 12.7. The molecule has 3 aliphatic rings. The molecular formula is C35H51N3O6. The first-order chi connectivity index (χ1) is 21.2. The molecule has 44 heavy (non-hydrogen) atoms. The molecule has 1 aromatic rings. The minimum absolute atomic E-state index is 0.180. The molecule has 0 aromatic heterocycles. The van der Waals surface area contributed by atoms with Crippen LogP contribution in [-0.4, -0.2) is 89.3 Å². The smallest absolute Gasteiger partial charge is 0.248 e. The van der Waals surface area contributed by atoms with Crippen LogP contribution in [0.15, 0.2) is 49.6 Å². The number of aliphatic hydroxyl groups excluding tert-OH is 1. The van der Waals surface area contributed by atoms with Crippen LogP contribution >= 0.6 is 0 Å². The fraction of sp³-hybridized carbons (Fsp3) is 0.629. The van der Waals surface area contributed by atoms with Gasteiger partial charge in [0.15, 0.2) is 0 Å². The van der Waals surface area contributed by atoms with Crippen LogP contribution in [0.5, 0.6) is 5.75 Å². The van der Waals surface area contributed by atoms with Crippen LogP contribution in [-0.2, 0) is 19.1 Å². The van der Waals surface area contributed by atoms with Gasteiger partial charge in [-0.15, -0.1) is 13.2 Å². The number of aliphatic hydroxyl groups is 1. The van der Waals surface area contributed by atoms with Crippen LogP contribution < -0.4 is 9.64 Å². The van der Waals surface area contributed by atoms with E-state index in [1.54, 1.807) is 26.9 Å². The van der Waals surface area contributed by atoms with E-state index in [-0.39, 0.29) is 36.8 Å². The van der Waals surface area contributed by atoms with Crippen LogP contribution in [0.4, 0.5) is 5.69 Å². The van der Waals surface area contributed by atoms with E-state index in [0.29, 0.717) is 50.4 Å². The Hall–Kier alpha value is -3.17. The molecule has 3 aliphatic heterocycles. The molecule has 2 unspecified atom stereocenters. The molecule has 4 rings (SSSR count). The zero-order valence-corrected chi connectivity index (χ0v) is 27.0. The Kier molecular flexibility index (Phi) is 11.3. The molecule has 0 saturated carbocycles. The number of hydrogen-bond donors (Lipinski definition) is 1. The van der Waals surface area contributed by atoms with Crippen molar-refractivity contribution < 1.29 is 29.0 Å². The number of rotatable bonds is 17. The lowest BCUT2D eigenvalue weighted by Crippen LogP contribution is -2.59. The summed E-state index contributed by atoms with van der Waals surface area (Å²) in [6.45, 7) is 17.3. The van der Waals surface area contributed by atoms with Crippen LogP contribution in [0.3, 0.4) is 0 Å². The predicted molar refractivity (Wildman–Crippen MR) is 171 cm³/mol. The molecular weight excluding hydrogens is 558 g/mol. The number of anilines is 1. The van der Waals surface area contributed by atoms with Gasteiger partial charge in [-0.25, -0.2) is 0 Å². The molecule has 9 nitrogen and oxygen atoms in total.